The van der Waals surface area contributed by atoms with Gasteiger partial charge in [-0.25, -0.2) is 16.8 Å². The highest BCUT2D eigenvalue weighted by Gasteiger charge is 2.55. The van der Waals surface area contributed by atoms with Crippen LogP contribution in [0.5, 0.6) is 0 Å². The maximum atomic E-state index is 11.5. The number of hydrogen-bond acceptors (Lipinski definition) is 4. The SMILES string of the molecule is CCCCCCCC[N+]1(C)CCCC1.O=S(=O)(NS(=O)(=O)C(F)(F)F)C(F)(F)F. The third-order valence-electron chi connectivity index (χ3n) is 4.53. The van der Waals surface area contributed by atoms with Gasteiger partial charge in [-0.2, -0.15) is 26.3 Å². The van der Waals surface area contributed by atoms with Gasteiger partial charge in [0, 0.05) is 12.8 Å². The summed E-state index contributed by atoms with van der Waals surface area (Å²) in [6, 6.07) is 0. The van der Waals surface area contributed by atoms with Crippen LogP contribution < -0.4 is 4.13 Å². The largest absolute Gasteiger partial charge is 0.512 e. The number of hydrogen-bond donors (Lipinski definition) is 1. The predicted molar refractivity (Wildman–Crippen MR) is 96.5 cm³/mol. The highest BCUT2D eigenvalue weighted by molar-refractivity contribution is 8.05. The van der Waals surface area contributed by atoms with Crippen molar-refractivity contribution in [1.29, 1.82) is 0 Å². The molecule has 6 nitrogen and oxygen atoms in total. The summed E-state index contributed by atoms with van der Waals surface area (Å²) in [5.41, 5.74) is -12.3. The van der Waals surface area contributed by atoms with Crippen LogP contribution in [0, 0.1) is 0 Å². The zero-order valence-corrected chi connectivity index (χ0v) is 18.1. The summed E-state index contributed by atoms with van der Waals surface area (Å²) in [5.74, 6) is 0. The van der Waals surface area contributed by atoms with Gasteiger partial charge in [0.1, 0.15) is 0 Å². The van der Waals surface area contributed by atoms with E-state index in [-0.39, 0.29) is 0 Å². The molecule has 1 heterocycles. The summed E-state index contributed by atoms with van der Waals surface area (Å²) in [6.45, 7) is 6.60. The first-order valence-corrected chi connectivity index (χ1v) is 12.2. The molecular formula is C15H29F6N2O4S2+. The molecule has 1 aliphatic heterocycles. The van der Waals surface area contributed by atoms with E-state index in [0.717, 1.165) is 0 Å². The smallest absolute Gasteiger partial charge is 0.326 e. The Morgan fingerprint density at radius 1 is 0.759 bits per heavy atom. The summed E-state index contributed by atoms with van der Waals surface area (Å²) >= 11 is 0. The predicted octanol–water partition coefficient (Wildman–Crippen LogP) is 3.86. The molecule has 29 heavy (non-hydrogen) atoms. The van der Waals surface area contributed by atoms with Crippen molar-refractivity contribution in [1.82, 2.24) is 4.13 Å². The number of nitrogens with one attached hydrogen (secondary N) is 1. The van der Waals surface area contributed by atoms with Gasteiger partial charge < -0.3 is 4.48 Å². The van der Waals surface area contributed by atoms with Crippen LogP contribution in [0.1, 0.15) is 58.3 Å². The van der Waals surface area contributed by atoms with E-state index in [1.165, 1.54) is 75.5 Å². The Morgan fingerprint density at radius 2 is 1.14 bits per heavy atom. The topological polar surface area (TPSA) is 80.3 Å². The third-order valence-corrected chi connectivity index (χ3v) is 7.50. The number of unbranched alkanes of at least 4 members (excludes halogenated alkanes) is 5. The summed E-state index contributed by atoms with van der Waals surface area (Å²) in [4.78, 5) is 0. The molecule has 1 N–H and O–H groups in total. The summed E-state index contributed by atoms with van der Waals surface area (Å²) in [5, 5.41) is 0. The highest BCUT2D eigenvalue weighted by atomic mass is 32.3. The van der Waals surface area contributed by atoms with E-state index in [1.54, 1.807) is 0 Å². The highest BCUT2D eigenvalue weighted by Crippen LogP contribution is 2.27. The molecule has 0 aromatic heterocycles. The lowest BCUT2D eigenvalue weighted by molar-refractivity contribution is -0.897. The van der Waals surface area contributed by atoms with E-state index in [0.29, 0.717) is 0 Å². The zero-order chi connectivity index (χ0) is 23.0. The lowest BCUT2D eigenvalue weighted by atomic mass is 10.1. The molecule has 1 fully saturated rings. The Labute approximate surface area is 168 Å². The quantitative estimate of drug-likeness (QED) is 0.309. The standard InChI is InChI=1S/C13H28N.C2HF6NO4S2/c1-3-4-5-6-7-8-11-14(2)12-9-10-13-14;3-1(4,5)14(10,11)9-15(12,13)2(6,7)8/h3-13H2,1-2H3;9H/q+1;. The van der Waals surface area contributed by atoms with E-state index in [2.05, 4.69) is 14.0 Å². The van der Waals surface area contributed by atoms with Gasteiger partial charge in [-0.1, -0.05) is 36.7 Å². The molecule has 0 radical (unpaired) electrons. The van der Waals surface area contributed by atoms with Crippen LogP contribution in [-0.2, 0) is 20.0 Å². The van der Waals surface area contributed by atoms with E-state index < -0.39 is 35.2 Å². The van der Waals surface area contributed by atoms with Gasteiger partial charge in [-0.3, -0.25) is 0 Å². The van der Waals surface area contributed by atoms with Gasteiger partial charge in [0.25, 0.3) is 0 Å². The van der Waals surface area contributed by atoms with Crippen LogP contribution >= 0.6 is 0 Å². The molecule has 176 valence electrons. The second-order valence-corrected chi connectivity index (χ2v) is 10.9. The molecule has 0 bridgehead atoms. The summed E-state index contributed by atoms with van der Waals surface area (Å²) in [6.07, 6.45) is 11.6. The second-order valence-electron chi connectivity index (χ2n) is 7.25. The third kappa shape index (κ3) is 10.3. The summed E-state index contributed by atoms with van der Waals surface area (Å²) in [7, 11) is -10.7. The van der Waals surface area contributed by atoms with Gasteiger partial charge in [-0.15, -0.1) is 0 Å². The first-order chi connectivity index (χ1) is 13.0. The number of alkyl halides is 6. The van der Waals surface area contributed by atoms with E-state index in [1.807, 2.05) is 0 Å². The number of rotatable bonds is 9. The molecule has 14 heteroatoms. The van der Waals surface area contributed by atoms with Crippen molar-refractivity contribution < 1.29 is 47.7 Å². The fourth-order valence-corrected chi connectivity index (χ4v) is 4.75. The minimum atomic E-state index is -6.60. The van der Waals surface area contributed by atoms with Crippen LogP contribution in [-0.4, -0.2) is 59.0 Å². The Bertz CT molecular complexity index is 643. The van der Waals surface area contributed by atoms with Crippen molar-refractivity contribution in [3.63, 3.8) is 0 Å². The number of nitrogens with zero attached hydrogens (tertiary/aromatic N) is 1. The maximum absolute atomic E-state index is 11.5. The number of quaternary nitrogens is 1. The van der Waals surface area contributed by atoms with Crippen molar-refractivity contribution in [2.45, 2.75) is 69.3 Å². The minimum absolute atomic E-state index is 0.493. The number of halogens is 6. The fourth-order valence-electron chi connectivity index (χ4n) is 2.84. The molecule has 0 saturated carbocycles. The van der Waals surface area contributed by atoms with Crippen LogP contribution in [0.2, 0.25) is 0 Å². The normalized spacial score (nSPS) is 17.7. The van der Waals surface area contributed by atoms with Gasteiger partial charge in [0.15, 0.2) is 0 Å². The number of likely N-dealkylation sites (tertiary alicyclic amines) is 1. The van der Waals surface area contributed by atoms with Crippen molar-refractivity contribution in [3.8, 4) is 0 Å². The van der Waals surface area contributed by atoms with Crippen LogP contribution in [0.4, 0.5) is 26.3 Å². The number of sulfonamides is 2. The lowest BCUT2D eigenvalue weighted by Gasteiger charge is -2.29. The average molecular weight is 480 g/mol. The van der Waals surface area contributed by atoms with Gasteiger partial charge in [0.05, 0.1) is 26.7 Å². The lowest BCUT2D eigenvalue weighted by Crippen LogP contribution is -2.45. The molecule has 0 aromatic rings. The van der Waals surface area contributed by atoms with E-state index in [4.69, 9.17) is 0 Å². The molecule has 0 atom stereocenters. The fraction of sp³-hybridized carbons (Fsp3) is 1.00. The van der Waals surface area contributed by atoms with Crippen molar-refractivity contribution in [2.24, 2.45) is 0 Å². The van der Waals surface area contributed by atoms with Crippen molar-refractivity contribution >= 4 is 20.0 Å². The Balaban J connectivity index is 0.000000541. The van der Waals surface area contributed by atoms with Crippen LogP contribution in [0.15, 0.2) is 0 Å². The zero-order valence-electron chi connectivity index (χ0n) is 16.4. The van der Waals surface area contributed by atoms with Crippen molar-refractivity contribution in [3.05, 3.63) is 0 Å². The van der Waals surface area contributed by atoms with Crippen molar-refractivity contribution in [2.75, 3.05) is 26.7 Å². The summed E-state index contributed by atoms with van der Waals surface area (Å²) < 4.78 is 110. The molecule has 0 aromatic carbocycles. The Morgan fingerprint density at radius 3 is 1.52 bits per heavy atom. The maximum Gasteiger partial charge on any atom is 0.512 e. The van der Waals surface area contributed by atoms with Gasteiger partial charge >= 0.3 is 31.1 Å². The minimum Gasteiger partial charge on any atom is -0.326 e. The first-order valence-electron chi connectivity index (χ1n) is 9.22. The van der Waals surface area contributed by atoms with Crippen LogP contribution in [0.25, 0.3) is 0 Å². The van der Waals surface area contributed by atoms with E-state index >= 15 is 0 Å². The van der Waals surface area contributed by atoms with E-state index in [9.17, 15) is 43.2 Å². The molecular weight excluding hydrogens is 450 g/mol. The average Bonchev–Trinajstić information content (AvgIpc) is 2.95. The molecule has 0 amide bonds. The molecule has 1 rings (SSSR count). The van der Waals surface area contributed by atoms with Gasteiger partial charge in [0.2, 0.25) is 0 Å². The first kappa shape index (κ1) is 28.4. The van der Waals surface area contributed by atoms with Crippen LogP contribution in [0.3, 0.4) is 0 Å². The van der Waals surface area contributed by atoms with Gasteiger partial charge in [-0.05, 0) is 12.8 Å². The molecule has 0 aliphatic carbocycles. The molecule has 1 saturated heterocycles. The monoisotopic (exact) mass is 479 g/mol. The Hall–Kier alpha value is -0.600. The Kier molecular flexibility index (Phi) is 10.9. The molecule has 1 aliphatic rings. The second kappa shape index (κ2) is 11.1. The molecule has 0 unspecified atom stereocenters. The molecule has 0 spiro atoms.